The molecule has 0 aliphatic rings. The molecule has 18 heavy (non-hydrogen) atoms. The van der Waals surface area contributed by atoms with Crippen LogP contribution in [0.4, 0.5) is 4.39 Å². The Balaban J connectivity index is 2.16. The SMILES string of the molecule is Cc1cccc(C)c1OCc1ccc(Cl)cc1F. The first-order chi connectivity index (χ1) is 8.58. The van der Waals surface area contributed by atoms with Gasteiger partial charge in [-0.05, 0) is 37.1 Å². The average molecular weight is 265 g/mol. The van der Waals surface area contributed by atoms with Gasteiger partial charge in [0.25, 0.3) is 0 Å². The topological polar surface area (TPSA) is 9.23 Å². The summed E-state index contributed by atoms with van der Waals surface area (Å²) in [6.45, 7) is 4.15. The molecule has 1 nitrogen and oxygen atoms in total. The van der Waals surface area contributed by atoms with Gasteiger partial charge in [-0.2, -0.15) is 0 Å². The predicted octanol–water partition coefficient (Wildman–Crippen LogP) is 4.67. The second kappa shape index (κ2) is 5.40. The number of rotatable bonds is 3. The zero-order valence-electron chi connectivity index (χ0n) is 10.3. The normalized spacial score (nSPS) is 10.4. The van der Waals surface area contributed by atoms with E-state index in [2.05, 4.69) is 0 Å². The lowest BCUT2D eigenvalue weighted by molar-refractivity contribution is 0.296. The van der Waals surface area contributed by atoms with Gasteiger partial charge in [-0.1, -0.05) is 35.9 Å². The Morgan fingerprint density at radius 2 is 1.78 bits per heavy atom. The van der Waals surface area contributed by atoms with Crippen molar-refractivity contribution in [2.24, 2.45) is 0 Å². The van der Waals surface area contributed by atoms with Crippen LogP contribution in [0.15, 0.2) is 36.4 Å². The molecule has 0 saturated heterocycles. The monoisotopic (exact) mass is 264 g/mol. The van der Waals surface area contributed by atoms with Crippen molar-refractivity contribution in [3.8, 4) is 5.75 Å². The minimum absolute atomic E-state index is 0.203. The van der Waals surface area contributed by atoms with Crippen molar-refractivity contribution in [1.82, 2.24) is 0 Å². The molecule has 2 rings (SSSR count). The van der Waals surface area contributed by atoms with E-state index in [1.54, 1.807) is 12.1 Å². The molecule has 0 fully saturated rings. The number of aryl methyl sites for hydroxylation is 2. The first-order valence-corrected chi connectivity index (χ1v) is 6.08. The highest BCUT2D eigenvalue weighted by molar-refractivity contribution is 6.30. The molecule has 0 heterocycles. The molecule has 0 spiro atoms. The van der Waals surface area contributed by atoms with Gasteiger partial charge in [0.1, 0.15) is 18.2 Å². The molecule has 0 N–H and O–H groups in total. The average Bonchev–Trinajstić information content (AvgIpc) is 2.31. The largest absolute Gasteiger partial charge is 0.488 e. The smallest absolute Gasteiger partial charge is 0.131 e. The minimum Gasteiger partial charge on any atom is -0.488 e. The van der Waals surface area contributed by atoms with Crippen molar-refractivity contribution in [1.29, 1.82) is 0 Å². The molecule has 0 amide bonds. The highest BCUT2D eigenvalue weighted by Crippen LogP contribution is 2.24. The predicted molar refractivity (Wildman–Crippen MR) is 71.7 cm³/mol. The van der Waals surface area contributed by atoms with E-state index in [1.807, 2.05) is 32.0 Å². The molecule has 3 heteroatoms. The van der Waals surface area contributed by atoms with E-state index in [1.165, 1.54) is 6.07 Å². The fourth-order valence-electron chi connectivity index (χ4n) is 1.82. The molecule has 0 radical (unpaired) electrons. The van der Waals surface area contributed by atoms with Crippen molar-refractivity contribution in [2.45, 2.75) is 20.5 Å². The first-order valence-electron chi connectivity index (χ1n) is 5.71. The second-order valence-electron chi connectivity index (χ2n) is 4.25. The number of halogens is 2. The maximum Gasteiger partial charge on any atom is 0.131 e. The van der Waals surface area contributed by atoms with Gasteiger partial charge in [0.05, 0.1) is 0 Å². The van der Waals surface area contributed by atoms with E-state index < -0.39 is 0 Å². The van der Waals surface area contributed by atoms with Crippen molar-refractivity contribution >= 4 is 11.6 Å². The van der Waals surface area contributed by atoms with Crippen LogP contribution < -0.4 is 4.74 Å². The minimum atomic E-state index is -0.339. The van der Waals surface area contributed by atoms with Crippen LogP contribution in [0.3, 0.4) is 0 Å². The highest BCUT2D eigenvalue weighted by Gasteiger charge is 2.07. The number of benzene rings is 2. The Hall–Kier alpha value is -1.54. The van der Waals surface area contributed by atoms with E-state index in [4.69, 9.17) is 16.3 Å². The standard InChI is InChI=1S/C15H14ClFO/c1-10-4-3-5-11(2)15(10)18-9-12-6-7-13(16)8-14(12)17/h3-8H,9H2,1-2H3. The summed E-state index contributed by atoms with van der Waals surface area (Å²) in [6.07, 6.45) is 0. The van der Waals surface area contributed by atoms with Gasteiger partial charge < -0.3 is 4.74 Å². The molecular formula is C15H14ClFO. The Morgan fingerprint density at radius 1 is 1.11 bits per heavy atom. The molecule has 0 aromatic heterocycles. The van der Waals surface area contributed by atoms with Crippen molar-refractivity contribution in [3.63, 3.8) is 0 Å². The van der Waals surface area contributed by atoms with Gasteiger partial charge in [0.15, 0.2) is 0 Å². The van der Waals surface area contributed by atoms with Crippen LogP contribution >= 0.6 is 11.6 Å². The summed E-state index contributed by atoms with van der Waals surface area (Å²) in [6, 6.07) is 10.5. The van der Waals surface area contributed by atoms with Crippen LogP contribution in [0.2, 0.25) is 5.02 Å². The van der Waals surface area contributed by atoms with Crippen LogP contribution in [-0.4, -0.2) is 0 Å². The molecule has 0 saturated carbocycles. The lowest BCUT2D eigenvalue weighted by Crippen LogP contribution is -2.01. The molecule has 0 bridgehead atoms. The van der Waals surface area contributed by atoms with Gasteiger partial charge in [-0.25, -0.2) is 4.39 Å². The Kier molecular flexibility index (Phi) is 3.87. The molecule has 2 aromatic rings. The van der Waals surface area contributed by atoms with Gasteiger partial charge in [-0.3, -0.25) is 0 Å². The van der Waals surface area contributed by atoms with Gasteiger partial charge in [0.2, 0.25) is 0 Å². The third kappa shape index (κ3) is 2.82. The number of hydrogen-bond acceptors (Lipinski definition) is 1. The highest BCUT2D eigenvalue weighted by atomic mass is 35.5. The third-order valence-electron chi connectivity index (χ3n) is 2.80. The molecule has 0 aliphatic heterocycles. The summed E-state index contributed by atoms with van der Waals surface area (Å²) in [4.78, 5) is 0. The van der Waals surface area contributed by atoms with Gasteiger partial charge in [-0.15, -0.1) is 0 Å². The first kappa shape index (κ1) is 12.9. The summed E-state index contributed by atoms with van der Waals surface area (Å²) >= 11 is 5.70. The Bertz CT molecular complexity index is 546. The Morgan fingerprint density at radius 3 is 2.39 bits per heavy atom. The maximum absolute atomic E-state index is 13.6. The van der Waals surface area contributed by atoms with Crippen LogP contribution in [0.5, 0.6) is 5.75 Å². The molecule has 94 valence electrons. The van der Waals surface area contributed by atoms with Crippen LogP contribution in [0, 0.1) is 19.7 Å². The van der Waals surface area contributed by atoms with Crippen molar-refractivity contribution < 1.29 is 9.13 Å². The van der Waals surface area contributed by atoms with Crippen LogP contribution in [0.1, 0.15) is 16.7 Å². The fraction of sp³-hybridized carbons (Fsp3) is 0.200. The third-order valence-corrected chi connectivity index (χ3v) is 3.03. The van der Waals surface area contributed by atoms with Crippen LogP contribution in [-0.2, 0) is 6.61 Å². The van der Waals surface area contributed by atoms with E-state index in [9.17, 15) is 4.39 Å². The number of ether oxygens (including phenoxy) is 1. The summed E-state index contributed by atoms with van der Waals surface area (Å²) in [5, 5.41) is 0.392. The lowest BCUT2D eigenvalue weighted by atomic mass is 10.1. The molecule has 0 atom stereocenters. The quantitative estimate of drug-likeness (QED) is 0.782. The van der Waals surface area contributed by atoms with Crippen molar-refractivity contribution in [2.75, 3.05) is 0 Å². The maximum atomic E-state index is 13.6. The summed E-state index contributed by atoms with van der Waals surface area (Å²) in [5.41, 5.74) is 2.59. The summed E-state index contributed by atoms with van der Waals surface area (Å²) < 4.78 is 19.3. The molecular weight excluding hydrogens is 251 g/mol. The lowest BCUT2D eigenvalue weighted by Gasteiger charge is -2.12. The van der Waals surface area contributed by atoms with E-state index in [-0.39, 0.29) is 12.4 Å². The molecule has 2 aromatic carbocycles. The van der Waals surface area contributed by atoms with E-state index in [0.717, 1.165) is 16.9 Å². The van der Waals surface area contributed by atoms with Crippen LogP contribution in [0.25, 0.3) is 0 Å². The summed E-state index contributed by atoms with van der Waals surface area (Å²) in [5.74, 6) is 0.473. The zero-order chi connectivity index (χ0) is 13.1. The number of hydrogen-bond donors (Lipinski definition) is 0. The number of para-hydroxylation sites is 1. The molecule has 0 aliphatic carbocycles. The zero-order valence-corrected chi connectivity index (χ0v) is 11.1. The van der Waals surface area contributed by atoms with Crippen molar-refractivity contribution in [3.05, 3.63) is 63.9 Å². The second-order valence-corrected chi connectivity index (χ2v) is 4.68. The van der Waals surface area contributed by atoms with E-state index >= 15 is 0 Å². The van der Waals surface area contributed by atoms with Gasteiger partial charge >= 0.3 is 0 Å². The fourth-order valence-corrected chi connectivity index (χ4v) is 1.97. The Labute approximate surface area is 111 Å². The summed E-state index contributed by atoms with van der Waals surface area (Å²) in [7, 11) is 0. The van der Waals surface area contributed by atoms with E-state index in [0.29, 0.717) is 10.6 Å². The van der Waals surface area contributed by atoms with Gasteiger partial charge in [0, 0.05) is 10.6 Å². The molecule has 0 unspecified atom stereocenters.